The summed E-state index contributed by atoms with van der Waals surface area (Å²) in [4.78, 5) is 3.25. The number of aromatic amines is 1. The van der Waals surface area contributed by atoms with E-state index in [0.29, 0.717) is 6.04 Å². The van der Waals surface area contributed by atoms with Gasteiger partial charge >= 0.3 is 0 Å². The van der Waals surface area contributed by atoms with Crippen molar-refractivity contribution in [2.75, 3.05) is 7.11 Å². The second-order valence-electron chi connectivity index (χ2n) is 5.23. The van der Waals surface area contributed by atoms with Gasteiger partial charge in [-0.1, -0.05) is 24.3 Å². The average molecular weight is 280 g/mol. The molecule has 0 amide bonds. The first-order valence-corrected chi connectivity index (χ1v) is 7.20. The number of hydrogen-bond acceptors (Lipinski definition) is 2. The molecule has 0 unspecified atom stereocenters. The van der Waals surface area contributed by atoms with E-state index in [-0.39, 0.29) is 0 Å². The van der Waals surface area contributed by atoms with Crippen LogP contribution in [-0.4, -0.2) is 12.1 Å². The van der Waals surface area contributed by atoms with E-state index >= 15 is 0 Å². The van der Waals surface area contributed by atoms with Crippen molar-refractivity contribution in [3.8, 4) is 5.75 Å². The predicted molar refractivity (Wildman–Crippen MR) is 86.5 cm³/mol. The Hall–Kier alpha value is -2.26. The van der Waals surface area contributed by atoms with E-state index in [1.807, 2.05) is 18.3 Å². The number of aromatic nitrogens is 1. The Balaban J connectivity index is 1.70. The van der Waals surface area contributed by atoms with Crippen molar-refractivity contribution >= 4 is 10.9 Å². The van der Waals surface area contributed by atoms with Crippen molar-refractivity contribution < 1.29 is 4.74 Å². The summed E-state index contributed by atoms with van der Waals surface area (Å²) < 4.78 is 5.19. The van der Waals surface area contributed by atoms with E-state index in [9.17, 15) is 0 Å². The zero-order valence-electron chi connectivity index (χ0n) is 12.4. The Morgan fingerprint density at radius 1 is 1.10 bits per heavy atom. The molecular formula is C18H20N2O. The molecule has 1 atom stereocenters. The Labute approximate surface area is 125 Å². The summed E-state index contributed by atoms with van der Waals surface area (Å²) in [5.74, 6) is 0.892. The van der Waals surface area contributed by atoms with Crippen LogP contribution in [0.3, 0.4) is 0 Å². The van der Waals surface area contributed by atoms with Gasteiger partial charge in [0, 0.05) is 29.7 Å². The van der Waals surface area contributed by atoms with Gasteiger partial charge < -0.3 is 15.0 Å². The second-order valence-corrected chi connectivity index (χ2v) is 5.23. The summed E-state index contributed by atoms with van der Waals surface area (Å²) in [6.45, 7) is 3.03. The minimum Gasteiger partial charge on any atom is -0.497 e. The number of benzene rings is 2. The van der Waals surface area contributed by atoms with E-state index in [1.165, 1.54) is 22.0 Å². The summed E-state index contributed by atoms with van der Waals surface area (Å²) in [7, 11) is 1.69. The number of rotatable bonds is 5. The molecule has 1 aromatic heterocycles. The third kappa shape index (κ3) is 2.93. The van der Waals surface area contributed by atoms with Crippen LogP contribution in [0.5, 0.6) is 5.75 Å². The van der Waals surface area contributed by atoms with E-state index < -0.39 is 0 Å². The van der Waals surface area contributed by atoms with Gasteiger partial charge in [-0.25, -0.2) is 0 Å². The highest BCUT2D eigenvalue weighted by molar-refractivity contribution is 5.82. The fourth-order valence-corrected chi connectivity index (χ4v) is 2.58. The third-order valence-corrected chi connectivity index (χ3v) is 3.90. The smallest absolute Gasteiger partial charge is 0.118 e. The predicted octanol–water partition coefficient (Wildman–Crippen LogP) is 4.03. The number of ether oxygens (including phenoxy) is 1. The van der Waals surface area contributed by atoms with Crippen molar-refractivity contribution in [2.24, 2.45) is 0 Å². The van der Waals surface area contributed by atoms with Crippen LogP contribution in [0.15, 0.2) is 54.7 Å². The van der Waals surface area contributed by atoms with Gasteiger partial charge in [0.05, 0.1) is 7.11 Å². The molecule has 2 N–H and O–H groups in total. The lowest BCUT2D eigenvalue weighted by atomic mass is 10.1. The number of fused-ring (bicyclic) bond motifs is 1. The summed E-state index contributed by atoms with van der Waals surface area (Å²) in [5.41, 5.74) is 3.76. The lowest BCUT2D eigenvalue weighted by molar-refractivity contribution is 0.414. The Morgan fingerprint density at radius 3 is 2.67 bits per heavy atom. The largest absolute Gasteiger partial charge is 0.497 e. The molecule has 0 saturated carbocycles. The maximum atomic E-state index is 5.19. The highest BCUT2D eigenvalue weighted by Gasteiger charge is 2.07. The molecule has 0 aliphatic carbocycles. The highest BCUT2D eigenvalue weighted by atomic mass is 16.5. The number of H-pyrrole nitrogens is 1. The molecule has 0 spiro atoms. The van der Waals surface area contributed by atoms with Crippen LogP contribution in [0.25, 0.3) is 10.9 Å². The molecule has 3 heteroatoms. The van der Waals surface area contributed by atoms with Crippen molar-refractivity contribution in [1.29, 1.82) is 0 Å². The van der Waals surface area contributed by atoms with Gasteiger partial charge in [-0.3, -0.25) is 0 Å². The molecule has 108 valence electrons. The van der Waals surface area contributed by atoms with Gasteiger partial charge in [-0.05, 0) is 42.3 Å². The molecule has 3 aromatic rings. The first-order valence-electron chi connectivity index (χ1n) is 7.20. The van der Waals surface area contributed by atoms with Crippen molar-refractivity contribution in [1.82, 2.24) is 10.3 Å². The van der Waals surface area contributed by atoms with Gasteiger partial charge in [0.15, 0.2) is 0 Å². The molecule has 3 nitrogen and oxygen atoms in total. The quantitative estimate of drug-likeness (QED) is 0.740. The molecule has 2 aromatic carbocycles. The zero-order valence-corrected chi connectivity index (χ0v) is 12.4. The average Bonchev–Trinajstić information content (AvgIpc) is 3.02. The number of hydrogen-bond donors (Lipinski definition) is 2. The molecule has 21 heavy (non-hydrogen) atoms. The molecule has 0 saturated heterocycles. The molecule has 1 heterocycles. The van der Waals surface area contributed by atoms with Gasteiger partial charge in [0.25, 0.3) is 0 Å². The Bertz CT molecular complexity index is 715. The van der Waals surface area contributed by atoms with E-state index in [4.69, 9.17) is 4.74 Å². The Kier molecular flexibility index (Phi) is 3.93. The van der Waals surface area contributed by atoms with Crippen LogP contribution < -0.4 is 10.1 Å². The first-order chi connectivity index (χ1) is 10.3. The monoisotopic (exact) mass is 280 g/mol. The van der Waals surface area contributed by atoms with Crippen molar-refractivity contribution in [3.63, 3.8) is 0 Å². The van der Waals surface area contributed by atoms with Crippen LogP contribution in [0, 0.1) is 0 Å². The topological polar surface area (TPSA) is 37.0 Å². The molecule has 0 aliphatic heterocycles. The minimum absolute atomic E-state index is 0.296. The molecule has 3 rings (SSSR count). The molecule has 0 fully saturated rings. The van der Waals surface area contributed by atoms with Gasteiger partial charge in [0.1, 0.15) is 5.75 Å². The first kappa shape index (κ1) is 13.7. The van der Waals surface area contributed by atoms with E-state index in [0.717, 1.165) is 12.3 Å². The summed E-state index contributed by atoms with van der Waals surface area (Å²) in [6.07, 6.45) is 1.99. The van der Waals surface area contributed by atoms with Gasteiger partial charge in [0.2, 0.25) is 0 Å². The fraction of sp³-hybridized carbons (Fsp3) is 0.222. The van der Waals surface area contributed by atoms with Crippen LogP contribution in [-0.2, 0) is 6.54 Å². The zero-order chi connectivity index (χ0) is 14.7. The van der Waals surface area contributed by atoms with Crippen LogP contribution in [0.2, 0.25) is 0 Å². The standard InChI is InChI=1S/C18H20N2O/c1-13(14-6-8-16(21-2)9-7-14)20-12-15-4-3-5-18-17(15)10-11-19-18/h3-11,13,19-20H,12H2,1-2H3/t13-/m1/s1. The molecular weight excluding hydrogens is 260 g/mol. The number of methoxy groups -OCH3 is 1. The molecule has 0 radical (unpaired) electrons. The van der Waals surface area contributed by atoms with Gasteiger partial charge in [-0.15, -0.1) is 0 Å². The second kappa shape index (κ2) is 6.02. The van der Waals surface area contributed by atoms with Crippen LogP contribution in [0.1, 0.15) is 24.1 Å². The van der Waals surface area contributed by atoms with E-state index in [1.54, 1.807) is 7.11 Å². The molecule has 0 aliphatic rings. The maximum Gasteiger partial charge on any atom is 0.118 e. The van der Waals surface area contributed by atoms with Gasteiger partial charge in [-0.2, -0.15) is 0 Å². The SMILES string of the molecule is COc1ccc([C@@H](C)NCc2cccc3[nH]ccc23)cc1. The highest BCUT2D eigenvalue weighted by Crippen LogP contribution is 2.20. The van der Waals surface area contributed by atoms with Crippen molar-refractivity contribution in [2.45, 2.75) is 19.5 Å². The minimum atomic E-state index is 0.296. The maximum absolute atomic E-state index is 5.19. The lowest BCUT2D eigenvalue weighted by Gasteiger charge is -2.15. The lowest BCUT2D eigenvalue weighted by Crippen LogP contribution is -2.18. The van der Waals surface area contributed by atoms with Crippen LogP contribution >= 0.6 is 0 Å². The van der Waals surface area contributed by atoms with Crippen LogP contribution in [0.4, 0.5) is 0 Å². The Morgan fingerprint density at radius 2 is 1.90 bits per heavy atom. The van der Waals surface area contributed by atoms with Crippen molar-refractivity contribution in [3.05, 3.63) is 65.9 Å². The summed E-state index contributed by atoms with van der Waals surface area (Å²) in [6, 6.07) is 17.0. The summed E-state index contributed by atoms with van der Waals surface area (Å²) in [5, 5.41) is 4.86. The normalized spacial score (nSPS) is 12.5. The third-order valence-electron chi connectivity index (χ3n) is 3.90. The van der Waals surface area contributed by atoms with E-state index in [2.05, 4.69) is 53.6 Å². The number of nitrogens with one attached hydrogen (secondary N) is 2. The summed E-state index contributed by atoms with van der Waals surface area (Å²) >= 11 is 0. The molecule has 0 bridgehead atoms. The fourth-order valence-electron chi connectivity index (χ4n) is 2.58.